The van der Waals surface area contributed by atoms with Gasteiger partial charge in [0.05, 0.1) is 5.97 Å². The molecule has 3 rings (SSSR count). The molecule has 0 N–H and O–H groups in total. The van der Waals surface area contributed by atoms with Gasteiger partial charge in [-0.05, 0) is 35.4 Å². The molecule has 0 aliphatic carbocycles. The fourth-order valence-electron chi connectivity index (χ4n) is 1.89. The van der Waals surface area contributed by atoms with E-state index in [4.69, 9.17) is 4.74 Å². The van der Waals surface area contributed by atoms with Crippen LogP contribution in [0.25, 0.3) is 0 Å². The lowest BCUT2D eigenvalue weighted by atomic mass is 10.1. The second-order valence-electron chi connectivity index (χ2n) is 4.55. The van der Waals surface area contributed by atoms with E-state index < -0.39 is 5.97 Å². The number of ether oxygens (including phenoxy) is 1. The van der Waals surface area contributed by atoms with Crippen molar-refractivity contribution in [3.05, 3.63) is 71.5 Å². The fourth-order valence-corrected chi connectivity index (χ4v) is 2.46. The zero-order chi connectivity index (χ0) is 15.4. The molecule has 1 heterocycles. The van der Waals surface area contributed by atoms with Crippen LogP contribution in [-0.2, 0) is 6.42 Å². The summed E-state index contributed by atoms with van der Waals surface area (Å²) in [5.41, 5.74) is 1.24. The summed E-state index contributed by atoms with van der Waals surface area (Å²) in [4.78, 5) is 15.0. The Kier molecular flexibility index (Phi) is 4.11. The van der Waals surface area contributed by atoms with Crippen LogP contribution in [0.5, 0.6) is 10.9 Å². The second-order valence-corrected chi connectivity index (χ2v) is 5.27. The lowest BCUT2D eigenvalue weighted by Gasteiger charge is -2.04. The highest BCUT2D eigenvalue weighted by Gasteiger charge is 2.07. The largest absolute Gasteiger partial charge is 0.545 e. The van der Waals surface area contributed by atoms with Gasteiger partial charge in [0, 0.05) is 18.0 Å². The van der Waals surface area contributed by atoms with Gasteiger partial charge >= 0.3 is 0 Å². The van der Waals surface area contributed by atoms with Crippen molar-refractivity contribution >= 4 is 17.5 Å². The molecule has 110 valence electrons. The van der Waals surface area contributed by atoms with Gasteiger partial charge in [-0.2, -0.15) is 9.36 Å². The number of carbonyl (C=O) groups excluding carboxylic acids is 1. The zero-order valence-electron chi connectivity index (χ0n) is 11.4. The molecule has 0 fully saturated rings. The van der Waals surface area contributed by atoms with Gasteiger partial charge in [0.2, 0.25) is 0 Å². The van der Waals surface area contributed by atoms with Crippen molar-refractivity contribution in [1.82, 2.24) is 9.36 Å². The van der Waals surface area contributed by atoms with E-state index >= 15 is 0 Å². The molecule has 2 aromatic carbocycles. The minimum atomic E-state index is -1.22. The lowest BCUT2D eigenvalue weighted by molar-refractivity contribution is -0.255. The molecular weight excluding hydrogens is 300 g/mol. The van der Waals surface area contributed by atoms with E-state index in [0.717, 1.165) is 17.1 Å². The highest BCUT2D eigenvalue weighted by Crippen LogP contribution is 2.24. The average molecular weight is 311 g/mol. The van der Waals surface area contributed by atoms with Crippen molar-refractivity contribution in [2.45, 2.75) is 6.42 Å². The third-order valence-corrected chi connectivity index (χ3v) is 3.58. The van der Waals surface area contributed by atoms with Crippen LogP contribution in [0.4, 0.5) is 0 Å². The monoisotopic (exact) mass is 311 g/mol. The molecule has 0 unspecified atom stereocenters. The van der Waals surface area contributed by atoms with E-state index in [0.29, 0.717) is 23.2 Å². The molecule has 0 aliphatic heterocycles. The molecule has 6 heteroatoms. The van der Waals surface area contributed by atoms with Crippen LogP contribution in [-0.4, -0.2) is 15.3 Å². The Bertz CT molecular complexity index is 770. The summed E-state index contributed by atoms with van der Waals surface area (Å²) < 4.78 is 9.82. The Labute approximate surface area is 131 Å². The number of nitrogens with zero attached hydrogens (tertiary/aromatic N) is 2. The van der Waals surface area contributed by atoms with Gasteiger partial charge in [-0.25, -0.2) is 0 Å². The first-order valence-electron chi connectivity index (χ1n) is 6.56. The minimum Gasteiger partial charge on any atom is -0.545 e. The normalized spacial score (nSPS) is 10.4. The fraction of sp³-hybridized carbons (Fsp3) is 0.0625. The molecule has 5 nitrogen and oxygen atoms in total. The Hall–Kier alpha value is -2.73. The van der Waals surface area contributed by atoms with Crippen molar-refractivity contribution in [2.75, 3.05) is 0 Å². The van der Waals surface area contributed by atoms with E-state index in [1.165, 1.54) is 12.1 Å². The van der Waals surface area contributed by atoms with Crippen LogP contribution in [0.2, 0.25) is 0 Å². The number of rotatable bonds is 5. The summed E-state index contributed by atoms with van der Waals surface area (Å²) in [6.07, 6.45) is 0.643. The number of carboxylic acid groups (broad SMARTS) is 1. The summed E-state index contributed by atoms with van der Waals surface area (Å²) >= 11 is 1.16. The van der Waals surface area contributed by atoms with Crippen LogP contribution < -0.4 is 9.84 Å². The van der Waals surface area contributed by atoms with Crippen LogP contribution in [0.15, 0.2) is 54.6 Å². The summed E-state index contributed by atoms with van der Waals surface area (Å²) in [6.45, 7) is 0. The maximum Gasteiger partial charge on any atom is 0.298 e. The van der Waals surface area contributed by atoms with Crippen LogP contribution in [0.1, 0.15) is 21.7 Å². The third kappa shape index (κ3) is 3.48. The quantitative estimate of drug-likeness (QED) is 0.722. The number of hydrogen-bond donors (Lipinski definition) is 0. The minimum absolute atomic E-state index is 0.106. The Morgan fingerprint density at radius 3 is 2.50 bits per heavy atom. The topological polar surface area (TPSA) is 75.1 Å². The molecule has 0 bridgehead atoms. The first-order chi connectivity index (χ1) is 10.7. The van der Waals surface area contributed by atoms with Gasteiger partial charge in [-0.3, -0.25) is 0 Å². The van der Waals surface area contributed by atoms with Crippen molar-refractivity contribution in [2.24, 2.45) is 0 Å². The van der Waals surface area contributed by atoms with Gasteiger partial charge in [-0.15, -0.1) is 0 Å². The van der Waals surface area contributed by atoms with E-state index in [-0.39, 0.29) is 5.56 Å². The van der Waals surface area contributed by atoms with Gasteiger partial charge in [0.15, 0.2) is 5.82 Å². The molecule has 0 amide bonds. The van der Waals surface area contributed by atoms with E-state index in [9.17, 15) is 9.90 Å². The molecule has 0 radical (unpaired) electrons. The van der Waals surface area contributed by atoms with Crippen molar-refractivity contribution in [1.29, 1.82) is 0 Å². The summed E-state index contributed by atoms with van der Waals surface area (Å²) in [5.74, 6) is -0.0161. The Morgan fingerprint density at radius 2 is 1.82 bits per heavy atom. The molecule has 0 saturated carbocycles. The molecule has 22 heavy (non-hydrogen) atoms. The van der Waals surface area contributed by atoms with E-state index in [1.807, 2.05) is 30.3 Å². The van der Waals surface area contributed by atoms with Crippen LogP contribution in [0, 0.1) is 0 Å². The number of carboxylic acids is 1. The van der Waals surface area contributed by atoms with E-state index in [1.54, 1.807) is 12.1 Å². The molecule has 1 aromatic heterocycles. The molecule has 3 aromatic rings. The zero-order valence-corrected chi connectivity index (χ0v) is 12.2. The SMILES string of the molecule is O=C([O-])c1ccc(Oc2nc(Cc3ccccc3)ns2)cc1. The maximum atomic E-state index is 10.7. The van der Waals surface area contributed by atoms with Gasteiger partial charge in [-0.1, -0.05) is 30.3 Å². The number of carbonyl (C=O) groups is 1. The average Bonchev–Trinajstić information content (AvgIpc) is 2.96. The van der Waals surface area contributed by atoms with E-state index in [2.05, 4.69) is 9.36 Å². The van der Waals surface area contributed by atoms with Crippen molar-refractivity contribution in [3.8, 4) is 10.9 Å². The highest BCUT2D eigenvalue weighted by atomic mass is 32.1. The molecular formula is C16H11N2O3S-. The van der Waals surface area contributed by atoms with Crippen LogP contribution >= 0.6 is 11.5 Å². The third-order valence-electron chi connectivity index (χ3n) is 2.95. The number of aromatic carboxylic acids is 1. The van der Waals surface area contributed by atoms with Crippen molar-refractivity contribution < 1.29 is 14.6 Å². The standard InChI is InChI=1S/C16H12N2O3S/c19-15(20)12-6-8-13(9-7-12)21-16-17-14(18-22-16)10-11-4-2-1-3-5-11/h1-9H,10H2,(H,19,20)/p-1. The smallest absolute Gasteiger partial charge is 0.298 e. The molecule has 0 saturated heterocycles. The predicted octanol–water partition coefficient (Wildman–Crippen LogP) is 2.28. The highest BCUT2D eigenvalue weighted by molar-refractivity contribution is 7.07. The lowest BCUT2D eigenvalue weighted by Crippen LogP contribution is -2.21. The molecule has 0 atom stereocenters. The summed E-state index contributed by atoms with van der Waals surface area (Å²) in [5, 5.41) is 11.1. The number of aromatic nitrogens is 2. The van der Waals surface area contributed by atoms with Gasteiger partial charge < -0.3 is 14.6 Å². The van der Waals surface area contributed by atoms with Gasteiger partial charge in [0.25, 0.3) is 5.19 Å². The van der Waals surface area contributed by atoms with Crippen molar-refractivity contribution in [3.63, 3.8) is 0 Å². The molecule has 0 aliphatic rings. The molecule has 0 spiro atoms. The van der Waals surface area contributed by atoms with Gasteiger partial charge in [0.1, 0.15) is 5.75 Å². The summed E-state index contributed by atoms with van der Waals surface area (Å²) in [7, 11) is 0. The Balaban J connectivity index is 1.67. The summed E-state index contributed by atoms with van der Waals surface area (Å²) in [6, 6.07) is 15.9. The number of benzene rings is 2. The van der Waals surface area contributed by atoms with Crippen LogP contribution in [0.3, 0.4) is 0 Å². The number of hydrogen-bond acceptors (Lipinski definition) is 6. The Morgan fingerprint density at radius 1 is 1.09 bits per heavy atom. The maximum absolute atomic E-state index is 10.7. The first kappa shape index (κ1) is 14.2. The predicted molar refractivity (Wildman–Crippen MR) is 80.0 cm³/mol. The first-order valence-corrected chi connectivity index (χ1v) is 7.34. The second kappa shape index (κ2) is 6.36.